The Morgan fingerprint density at radius 1 is 1.14 bits per heavy atom. The first-order chi connectivity index (χ1) is 24.3. The van der Waals surface area contributed by atoms with Gasteiger partial charge in [-0.25, -0.2) is 23.1 Å². The number of hydrogen-bond acceptors (Lipinski definition) is 9. The lowest BCUT2D eigenvalue weighted by atomic mass is 9.43. The fourth-order valence-electron chi connectivity index (χ4n) is 11.6. The average Bonchev–Trinajstić information content (AvgIpc) is 3.85. The van der Waals surface area contributed by atoms with Crippen molar-refractivity contribution in [1.82, 2.24) is 29.8 Å². The Balaban J connectivity index is 1.07. The summed E-state index contributed by atoms with van der Waals surface area (Å²) in [6.07, 6.45) is 10.6. The highest BCUT2D eigenvalue weighted by atomic mass is 19.1. The largest absolute Gasteiger partial charge is 0.469 e. The van der Waals surface area contributed by atoms with Gasteiger partial charge in [0.1, 0.15) is 29.9 Å². The summed E-state index contributed by atoms with van der Waals surface area (Å²) in [5.74, 6) is -0.463. The van der Waals surface area contributed by atoms with Gasteiger partial charge >= 0.3 is 5.97 Å². The van der Waals surface area contributed by atoms with Crippen molar-refractivity contribution in [3.63, 3.8) is 0 Å². The number of aromatic nitrogens is 6. The van der Waals surface area contributed by atoms with E-state index < -0.39 is 29.4 Å². The van der Waals surface area contributed by atoms with E-state index in [9.17, 15) is 24.5 Å². The second-order valence-corrected chi connectivity index (χ2v) is 16.7. The van der Waals surface area contributed by atoms with Gasteiger partial charge in [0.25, 0.3) is 0 Å². The number of benzene rings is 1. The molecule has 51 heavy (non-hydrogen) atoms. The third-order valence-electron chi connectivity index (χ3n) is 14.3. The summed E-state index contributed by atoms with van der Waals surface area (Å²) in [4.78, 5) is 15.8. The molecule has 4 fully saturated rings. The Morgan fingerprint density at radius 3 is 2.67 bits per heavy atom. The van der Waals surface area contributed by atoms with Crippen molar-refractivity contribution in [2.24, 2.45) is 46.3 Å². The second-order valence-electron chi connectivity index (χ2n) is 16.7. The number of carbonyl (C=O) groups excluding carboxylic acids is 1. The summed E-state index contributed by atoms with van der Waals surface area (Å²) in [7, 11) is 1.42. The van der Waals surface area contributed by atoms with Crippen LogP contribution in [0.15, 0.2) is 37.1 Å². The number of halogens is 2. The molecule has 0 spiro atoms. The molecule has 0 saturated heterocycles. The minimum Gasteiger partial charge on any atom is -0.469 e. The number of nitrogens with zero attached hydrogens (tertiary/aromatic N) is 6. The SMILES string of the molecule is COC(=O)CC[C@@H](C)[C@H]1CCC2C3C(C[C@H](O)[C@@]21C)[C@@]1(C)CC[C@H](n2cc(CC(O)(Cn4cncn4)c4ccc(F)cc4F)nn2)C[C@H]1C[C@H]3O. The quantitative estimate of drug-likeness (QED) is 0.247. The number of aliphatic hydroxyl groups excluding tert-OH is 2. The summed E-state index contributed by atoms with van der Waals surface area (Å²) >= 11 is 0. The highest BCUT2D eigenvalue weighted by Gasteiger charge is 2.65. The fourth-order valence-corrected chi connectivity index (χ4v) is 11.6. The minimum atomic E-state index is -1.80. The topological polar surface area (TPSA) is 148 Å². The molecule has 11 nitrogen and oxygen atoms in total. The molecule has 7 rings (SSSR count). The smallest absolute Gasteiger partial charge is 0.305 e. The van der Waals surface area contributed by atoms with Crippen LogP contribution in [0.5, 0.6) is 0 Å². The maximum atomic E-state index is 15.0. The Morgan fingerprint density at radius 2 is 1.94 bits per heavy atom. The molecule has 3 N–H and O–H groups in total. The highest BCUT2D eigenvalue weighted by molar-refractivity contribution is 5.69. The average molecular weight is 711 g/mol. The number of fused-ring (bicyclic) bond motifs is 5. The van der Waals surface area contributed by atoms with Crippen LogP contribution in [0.2, 0.25) is 0 Å². The first-order valence-corrected chi connectivity index (χ1v) is 18.6. The molecule has 0 radical (unpaired) electrons. The van der Waals surface area contributed by atoms with E-state index in [1.54, 1.807) is 6.20 Å². The monoisotopic (exact) mass is 710 g/mol. The molecule has 0 bridgehead atoms. The number of methoxy groups -OCH3 is 1. The van der Waals surface area contributed by atoms with E-state index in [-0.39, 0.29) is 76.9 Å². The number of carbonyl (C=O) groups is 1. The number of rotatable bonds is 10. The predicted molar refractivity (Wildman–Crippen MR) is 181 cm³/mol. The molecule has 4 aliphatic carbocycles. The highest BCUT2D eigenvalue weighted by Crippen LogP contribution is 2.69. The van der Waals surface area contributed by atoms with Crippen molar-refractivity contribution >= 4 is 5.97 Å². The van der Waals surface area contributed by atoms with Crippen molar-refractivity contribution in [1.29, 1.82) is 0 Å². The maximum absolute atomic E-state index is 15.0. The van der Waals surface area contributed by atoms with E-state index >= 15 is 4.39 Å². The van der Waals surface area contributed by atoms with Gasteiger partial charge in [-0.3, -0.25) is 4.79 Å². The summed E-state index contributed by atoms with van der Waals surface area (Å²) in [6.45, 7) is 6.69. The molecule has 0 amide bonds. The van der Waals surface area contributed by atoms with Gasteiger partial charge in [-0.15, -0.1) is 5.10 Å². The third-order valence-corrected chi connectivity index (χ3v) is 14.3. The van der Waals surface area contributed by atoms with Crippen LogP contribution in [-0.4, -0.2) is 70.4 Å². The zero-order chi connectivity index (χ0) is 36.3. The molecule has 12 atom stereocenters. The molecule has 3 aromatic rings. The number of ether oxygens (including phenoxy) is 1. The molecule has 1 aromatic carbocycles. The van der Waals surface area contributed by atoms with Crippen LogP contribution in [0.4, 0.5) is 8.78 Å². The van der Waals surface area contributed by atoms with Crippen LogP contribution in [0.25, 0.3) is 0 Å². The lowest BCUT2D eigenvalue weighted by molar-refractivity contribution is -0.204. The van der Waals surface area contributed by atoms with Crippen molar-refractivity contribution < 1.29 is 33.6 Å². The van der Waals surface area contributed by atoms with Crippen molar-refractivity contribution in [2.45, 2.75) is 115 Å². The van der Waals surface area contributed by atoms with Crippen molar-refractivity contribution in [3.8, 4) is 0 Å². The fraction of sp³-hybridized carbons (Fsp3) is 0.711. The molecule has 2 heterocycles. The van der Waals surface area contributed by atoms with Gasteiger partial charge in [0.05, 0.1) is 37.6 Å². The Labute approximate surface area is 297 Å². The van der Waals surface area contributed by atoms with Gasteiger partial charge < -0.3 is 20.1 Å². The van der Waals surface area contributed by atoms with Crippen molar-refractivity contribution in [3.05, 3.63) is 59.9 Å². The van der Waals surface area contributed by atoms with E-state index in [4.69, 9.17) is 4.74 Å². The van der Waals surface area contributed by atoms with Gasteiger partial charge in [-0.2, -0.15) is 5.10 Å². The Kier molecular flexibility index (Phi) is 9.62. The molecule has 2 aromatic heterocycles. The van der Waals surface area contributed by atoms with E-state index in [2.05, 4.69) is 41.2 Å². The second kappa shape index (κ2) is 13.6. The van der Waals surface area contributed by atoms with Gasteiger partial charge in [0, 0.05) is 30.7 Å². The van der Waals surface area contributed by atoms with E-state index in [1.165, 1.54) is 30.5 Å². The molecule has 278 valence electrons. The van der Waals surface area contributed by atoms with Crippen LogP contribution >= 0.6 is 0 Å². The lowest BCUT2D eigenvalue weighted by Gasteiger charge is -2.63. The minimum absolute atomic E-state index is 0.0318. The maximum Gasteiger partial charge on any atom is 0.305 e. The first kappa shape index (κ1) is 36.1. The number of hydrogen-bond donors (Lipinski definition) is 3. The molecular formula is C38H52F2N6O5. The summed E-state index contributed by atoms with van der Waals surface area (Å²) in [5, 5.41) is 48.7. The van der Waals surface area contributed by atoms with Crippen LogP contribution in [0.1, 0.15) is 95.9 Å². The Bertz CT molecular complexity index is 1710. The summed E-state index contributed by atoms with van der Waals surface area (Å²) in [5.41, 5.74) is -1.75. The zero-order valence-corrected chi connectivity index (χ0v) is 30.0. The van der Waals surface area contributed by atoms with Gasteiger partial charge in [-0.1, -0.05) is 32.1 Å². The molecular weight excluding hydrogens is 658 g/mol. The van der Waals surface area contributed by atoms with Gasteiger partial charge in [0.15, 0.2) is 0 Å². The number of esters is 1. The van der Waals surface area contributed by atoms with Crippen molar-refractivity contribution in [2.75, 3.05) is 7.11 Å². The van der Waals surface area contributed by atoms with E-state index in [1.807, 2.05) is 4.68 Å². The molecule has 4 unspecified atom stereocenters. The first-order valence-electron chi connectivity index (χ1n) is 18.6. The normalized spacial score (nSPS) is 36.4. The van der Waals surface area contributed by atoms with Gasteiger partial charge in [0.2, 0.25) is 0 Å². The van der Waals surface area contributed by atoms with E-state index in [0.29, 0.717) is 25.0 Å². The van der Waals surface area contributed by atoms with Crippen LogP contribution in [-0.2, 0) is 28.1 Å². The third kappa shape index (κ3) is 6.30. The predicted octanol–water partition coefficient (Wildman–Crippen LogP) is 5.01. The van der Waals surface area contributed by atoms with Gasteiger partial charge in [-0.05, 0) is 104 Å². The number of aliphatic hydroxyl groups is 3. The summed E-state index contributed by atoms with van der Waals surface area (Å²) < 4.78 is 36.9. The van der Waals surface area contributed by atoms with Crippen LogP contribution in [0.3, 0.4) is 0 Å². The molecule has 4 aliphatic rings. The van der Waals surface area contributed by atoms with E-state index in [0.717, 1.165) is 50.7 Å². The molecule has 4 saturated carbocycles. The summed E-state index contributed by atoms with van der Waals surface area (Å²) in [6, 6.07) is 3.16. The molecule has 13 heteroatoms. The van der Waals surface area contributed by atoms with Crippen LogP contribution in [0, 0.1) is 58.0 Å². The standard InChI is InChI=1S/C38H52F2N6O5/c1-22(5-10-34(49)51-4)27-8-9-29-35-30(16-33(48)37(27,29)3)36(2)12-11-26(13-23(36)14-32(35)47)46-18-25(43-44-46)17-38(50,19-45-21-41-20-42-45)28-7-6-24(39)15-31(28)40/h6-7,15,18,20-23,26-27,29-30,32-33,35,47-48,50H,5,8-14,16-17,19H2,1-4H3/t22-,23+,26+,27-,29?,30?,32-,33+,35?,36+,37-,38?/m1/s1. The Hall–Kier alpha value is -3.29. The zero-order valence-electron chi connectivity index (χ0n) is 30.0. The molecule has 0 aliphatic heterocycles. The van der Waals surface area contributed by atoms with Crippen LogP contribution < -0.4 is 0 Å². The lowest BCUT2D eigenvalue weighted by Crippen LogP contribution is -2.62.